The SMILES string of the molecule is CCC(=O)NCCOCCOCCOCCN/C=C\N(C)Cc1n(C)cc[n+]1C. The van der Waals surface area contributed by atoms with Gasteiger partial charge in [-0.15, -0.1) is 0 Å². The first-order chi connectivity index (χ1) is 14.0. The summed E-state index contributed by atoms with van der Waals surface area (Å²) in [5.41, 5.74) is 0. The number of nitrogens with one attached hydrogen (secondary N) is 2. The predicted molar refractivity (Wildman–Crippen MR) is 111 cm³/mol. The summed E-state index contributed by atoms with van der Waals surface area (Å²) >= 11 is 0. The number of hydrogen-bond donors (Lipinski definition) is 2. The minimum absolute atomic E-state index is 0.0419. The highest BCUT2D eigenvalue weighted by Gasteiger charge is 2.11. The second-order valence-corrected chi connectivity index (χ2v) is 6.66. The highest BCUT2D eigenvalue weighted by molar-refractivity contribution is 5.75. The Morgan fingerprint density at radius 1 is 1.14 bits per heavy atom. The first-order valence-corrected chi connectivity index (χ1v) is 10.1. The maximum atomic E-state index is 11.0. The Labute approximate surface area is 174 Å². The summed E-state index contributed by atoms with van der Waals surface area (Å²) in [6, 6.07) is 0. The molecule has 1 aromatic rings. The van der Waals surface area contributed by atoms with Crippen molar-refractivity contribution >= 4 is 5.91 Å². The van der Waals surface area contributed by atoms with E-state index in [9.17, 15) is 4.79 Å². The Morgan fingerprint density at radius 2 is 1.76 bits per heavy atom. The van der Waals surface area contributed by atoms with Crippen LogP contribution in [0.15, 0.2) is 24.8 Å². The summed E-state index contributed by atoms with van der Waals surface area (Å²) < 4.78 is 20.5. The van der Waals surface area contributed by atoms with Crippen LogP contribution in [0.2, 0.25) is 0 Å². The molecule has 29 heavy (non-hydrogen) atoms. The lowest BCUT2D eigenvalue weighted by molar-refractivity contribution is -0.679. The van der Waals surface area contributed by atoms with E-state index in [1.54, 1.807) is 0 Å². The number of carbonyl (C=O) groups excluding carboxylic acids is 1. The number of hydrogen-bond acceptors (Lipinski definition) is 6. The number of ether oxygens (including phenoxy) is 3. The van der Waals surface area contributed by atoms with E-state index in [4.69, 9.17) is 14.2 Å². The van der Waals surface area contributed by atoms with Crippen LogP contribution in [0.4, 0.5) is 0 Å². The van der Waals surface area contributed by atoms with E-state index in [1.807, 2.05) is 26.4 Å². The molecule has 0 radical (unpaired) electrons. The van der Waals surface area contributed by atoms with Crippen molar-refractivity contribution in [2.45, 2.75) is 19.9 Å². The highest BCUT2D eigenvalue weighted by Crippen LogP contribution is 1.97. The zero-order valence-electron chi connectivity index (χ0n) is 18.4. The van der Waals surface area contributed by atoms with Crippen molar-refractivity contribution in [3.8, 4) is 0 Å². The van der Waals surface area contributed by atoms with Gasteiger partial charge in [-0.25, -0.2) is 9.13 Å². The summed E-state index contributed by atoms with van der Waals surface area (Å²) in [6.07, 6.45) is 8.55. The number of nitrogens with zero attached hydrogens (tertiary/aromatic N) is 3. The van der Waals surface area contributed by atoms with Crippen molar-refractivity contribution < 1.29 is 23.6 Å². The molecular weight excluding hydrogens is 374 g/mol. The van der Waals surface area contributed by atoms with Gasteiger partial charge in [-0.05, 0) is 0 Å². The van der Waals surface area contributed by atoms with Crippen LogP contribution in [-0.2, 0) is 39.6 Å². The standard InChI is InChI=1S/C20H37N5O4/c1-5-19(26)22-8-13-28-15-17-29-16-14-27-12-7-21-6-9-23(2)18-20-24(3)10-11-25(20)4/h6,9-11,21H,5,7-8,12-18H2,1-4H3/p+1/b9-6-. The first kappa shape index (κ1) is 24.9. The largest absolute Gasteiger partial charge is 0.387 e. The van der Waals surface area contributed by atoms with E-state index in [0.717, 1.165) is 13.1 Å². The third kappa shape index (κ3) is 12.1. The molecular formula is C20H38N5O4+. The maximum absolute atomic E-state index is 11.0. The molecule has 2 N–H and O–H groups in total. The van der Waals surface area contributed by atoms with Crippen LogP contribution in [0.1, 0.15) is 19.2 Å². The van der Waals surface area contributed by atoms with Crippen molar-refractivity contribution in [3.05, 3.63) is 30.6 Å². The first-order valence-electron chi connectivity index (χ1n) is 10.1. The van der Waals surface area contributed by atoms with Crippen LogP contribution in [0.3, 0.4) is 0 Å². The summed E-state index contributed by atoms with van der Waals surface area (Å²) in [7, 11) is 6.15. The van der Waals surface area contributed by atoms with Crippen LogP contribution in [0.5, 0.6) is 0 Å². The Hall–Kier alpha value is -2.10. The van der Waals surface area contributed by atoms with E-state index in [2.05, 4.69) is 51.2 Å². The zero-order valence-corrected chi connectivity index (χ0v) is 18.4. The van der Waals surface area contributed by atoms with Gasteiger partial charge in [-0.1, -0.05) is 6.92 Å². The predicted octanol–water partition coefficient (Wildman–Crippen LogP) is -0.0818. The van der Waals surface area contributed by atoms with Gasteiger partial charge in [0.15, 0.2) is 0 Å². The maximum Gasteiger partial charge on any atom is 0.275 e. The molecule has 0 atom stereocenters. The van der Waals surface area contributed by atoms with E-state index in [1.165, 1.54) is 5.82 Å². The molecule has 9 heteroatoms. The summed E-state index contributed by atoms with van der Waals surface area (Å²) in [5.74, 6) is 1.27. The van der Waals surface area contributed by atoms with Gasteiger partial charge in [0.25, 0.3) is 5.82 Å². The number of imidazole rings is 1. The molecule has 0 fully saturated rings. The van der Waals surface area contributed by atoms with Gasteiger partial charge >= 0.3 is 0 Å². The van der Waals surface area contributed by atoms with Gasteiger partial charge in [0.1, 0.15) is 18.9 Å². The van der Waals surface area contributed by atoms with E-state index in [-0.39, 0.29) is 5.91 Å². The van der Waals surface area contributed by atoms with Crippen LogP contribution >= 0.6 is 0 Å². The molecule has 0 bridgehead atoms. The van der Waals surface area contributed by atoms with Crippen molar-refractivity contribution in [2.24, 2.45) is 14.1 Å². The third-order valence-corrected chi connectivity index (χ3v) is 4.19. The van der Waals surface area contributed by atoms with Crippen molar-refractivity contribution in [2.75, 3.05) is 59.8 Å². The molecule has 1 rings (SSSR count). The zero-order chi connectivity index (χ0) is 21.3. The van der Waals surface area contributed by atoms with E-state index < -0.39 is 0 Å². The molecule has 0 saturated heterocycles. The fourth-order valence-electron chi connectivity index (χ4n) is 2.44. The Balaban J connectivity index is 1.87. The minimum Gasteiger partial charge on any atom is -0.387 e. The molecule has 0 saturated carbocycles. The fraction of sp³-hybridized carbons (Fsp3) is 0.700. The average Bonchev–Trinajstić information content (AvgIpc) is 3.02. The Morgan fingerprint density at radius 3 is 2.34 bits per heavy atom. The minimum atomic E-state index is 0.0419. The lowest BCUT2D eigenvalue weighted by atomic mass is 10.4. The lowest BCUT2D eigenvalue weighted by Crippen LogP contribution is -2.34. The van der Waals surface area contributed by atoms with Gasteiger partial charge in [-0.3, -0.25) is 4.79 Å². The lowest BCUT2D eigenvalue weighted by Gasteiger charge is -2.12. The van der Waals surface area contributed by atoms with E-state index >= 15 is 0 Å². The molecule has 1 heterocycles. The summed E-state index contributed by atoms with van der Waals surface area (Å²) in [4.78, 5) is 13.1. The van der Waals surface area contributed by atoms with Crippen molar-refractivity contribution in [1.82, 2.24) is 20.1 Å². The Bertz CT molecular complexity index is 572. The monoisotopic (exact) mass is 412 g/mol. The third-order valence-electron chi connectivity index (χ3n) is 4.19. The second-order valence-electron chi connectivity index (χ2n) is 6.66. The van der Waals surface area contributed by atoms with Crippen LogP contribution < -0.4 is 15.2 Å². The Kier molecular flexibility index (Phi) is 13.6. The molecule has 166 valence electrons. The topological polar surface area (TPSA) is 80.9 Å². The van der Waals surface area contributed by atoms with E-state index in [0.29, 0.717) is 52.6 Å². The molecule has 1 aromatic heterocycles. The number of rotatable bonds is 17. The van der Waals surface area contributed by atoms with Gasteiger partial charge in [0, 0.05) is 39.0 Å². The van der Waals surface area contributed by atoms with Gasteiger partial charge in [0.2, 0.25) is 5.91 Å². The van der Waals surface area contributed by atoms with Crippen molar-refractivity contribution in [3.63, 3.8) is 0 Å². The molecule has 0 aliphatic carbocycles. The molecule has 0 aromatic carbocycles. The van der Waals surface area contributed by atoms with Crippen LogP contribution in [0.25, 0.3) is 0 Å². The molecule has 0 unspecified atom stereocenters. The molecule has 0 aliphatic heterocycles. The molecule has 9 nitrogen and oxygen atoms in total. The number of carbonyl (C=O) groups is 1. The number of aryl methyl sites for hydroxylation is 2. The smallest absolute Gasteiger partial charge is 0.275 e. The number of aromatic nitrogens is 2. The highest BCUT2D eigenvalue weighted by atomic mass is 16.5. The van der Waals surface area contributed by atoms with Crippen LogP contribution in [0, 0.1) is 0 Å². The van der Waals surface area contributed by atoms with Crippen molar-refractivity contribution in [1.29, 1.82) is 0 Å². The molecule has 0 aliphatic rings. The van der Waals surface area contributed by atoms with Gasteiger partial charge in [0.05, 0.1) is 53.7 Å². The molecule has 0 spiro atoms. The number of amides is 1. The fourth-order valence-corrected chi connectivity index (χ4v) is 2.44. The van der Waals surface area contributed by atoms with Gasteiger partial charge < -0.3 is 29.7 Å². The van der Waals surface area contributed by atoms with Crippen LogP contribution in [-0.4, -0.2) is 75.2 Å². The summed E-state index contributed by atoms with van der Waals surface area (Å²) in [6.45, 7) is 7.21. The van der Waals surface area contributed by atoms with Gasteiger partial charge in [-0.2, -0.15) is 0 Å². The second kappa shape index (κ2) is 15.8. The average molecular weight is 413 g/mol. The summed E-state index contributed by atoms with van der Waals surface area (Å²) in [5, 5.41) is 5.97. The normalized spacial score (nSPS) is 11.2. The molecule has 1 amide bonds. The quantitative estimate of drug-likeness (QED) is 0.275.